The molecule has 0 aliphatic rings. The minimum Gasteiger partial charge on any atom is -0.395 e. The van der Waals surface area contributed by atoms with Crippen molar-refractivity contribution >= 4 is 23.2 Å². The highest BCUT2D eigenvalue weighted by atomic mass is 35.5. The van der Waals surface area contributed by atoms with E-state index in [4.69, 9.17) is 23.2 Å². The molecule has 0 radical (unpaired) electrons. The van der Waals surface area contributed by atoms with Gasteiger partial charge in [-0.05, 0) is 42.8 Å². The van der Waals surface area contributed by atoms with Crippen LogP contribution in [0, 0.1) is 0 Å². The topological polar surface area (TPSA) is 36.4 Å². The summed E-state index contributed by atoms with van der Waals surface area (Å²) in [5.41, 5.74) is 2.21. The third-order valence-corrected chi connectivity index (χ3v) is 4.21. The van der Waals surface area contributed by atoms with E-state index in [1.165, 1.54) is 0 Å². The molecule has 1 heterocycles. The summed E-state index contributed by atoms with van der Waals surface area (Å²) in [6.45, 7) is 0.718. The van der Waals surface area contributed by atoms with Crippen molar-refractivity contribution in [2.24, 2.45) is 0 Å². The number of likely N-dealkylation sites (N-methyl/N-ethyl adjacent to an activating group) is 1. The van der Waals surface area contributed by atoms with E-state index in [1.54, 1.807) is 6.20 Å². The highest BCUT2D eigenvalue weighted by Gasteiger charge is 2.18. The highest BCUT2D eigenvalue weighted by molar-refractivity contribution is 6.42. The first kappa shape index (κ1) is 16.2. The molecule has 0 aliphatic heterocycles. The fraction of sp³-hybridized carbons (Fsp3) is 0.312. The SMILES string of the molecule is CN(CCO)C(Cc1ccc(Cl)c(Cl)c1)c1cccnc1. The zero-order valence-corrected chi connectivity index (χ0v) is 13.3. The third kappa shape index (κ3) is 4.42. The minimum absolute atomic E-state index is 0.120. The molecule has 0 fully saturated rings. The summed E-state index contributed by atoms with van der Waals surface area (Å²) in [6, 6.07) is 9.77. The molecule has 3 nitrogen and oxygen atoms in total. The van der Waals surface area contributed by atoms with E-state index in [0.717, 1.165) is 17.5 Å². The Hall–Kier alpha value is -1.13. The predicted octanol–water partition coefficient (Wildman–Crippen LogP) is 3.60. The molecule has 0 spiro atoms. The molecule has 0 saturated heterocycles. The number of hydrogen-bond donors (Lipinski definition) is 1. The molecule has 0 aliphatic carbocycles. The Bertz CT molecular complexity index is 578. The van der Waals surface area contributed by atoms with Crippen molar-refractivity contribution in [2.45, 2.75) is 12.5 Å². The van der Waals surface area contributed by atoms with E-state index in [2.05, 4.69) is 9.88 Å². The lowest BCUT2D eigenvalue weighted by Crippen LogP contribution is -2.29. The average molecular weight is 325 g/mol. The second-order valence-corrected chi connectivity index (χ2v) is 5.77. The Kier molecular flexibility index (Phi) is 6.00. The van der Waals surface area contributed by atoms with E-state index in [-0.39, 0.29) is 12.6 Å². The fourth-order valence-corrected chi connectivity index (χ4v) is 2.63. The van der Waals surface area contributed by atoms with Gasteiger partial charge in [-0.2, -0.15) is 0 Å². The van der Waals surface area contributed by atoms with Crippen LogP contribution in [0.2, 0.25) is 10.0 Å². The molecule has 112 valence electrons. The van der Waals surface area contributed by atoms with Gasteiger partial charge in [0.15, 0.2) is 0 Å². The molecule has 1 aromatic carbocycles. The molecule has 1 atom stereocenters. The molecule has 5 heteroatoms. The van der Waals surface area contributed by atoms with Gasteiger partial charge >= 0.3 is 0 Å². The van der Waals surface area contributed by atoms with Crippen LogP contribution >= 0.6 is 23.2 Å². The Morgan fingerprint density at radius 2 is 2.05 bits per heavy atom. The number of aliphatic hydroxyl groups is 1. The molecular formula is C16H18Cl2N2O. The van der Waals surface area contributed by atoms with Crippen LogP contribution in [-0.2, 0) is 6.42 Å². The maximum absolute atomic E-state index is 9.18. The van der Waals surface area contributed by atoms with Crippen LogP contribution in [0.1, 0.15) is 17.2 Å². The van der Waals surface area contributed by atoms with Crippen LogP contribution in [0.3, 0.4) is 0 Å². The maximum Gasteiger partial charge on any atom is 0.0595 e. The molecule has 2 rings (SSSR count). The second kappa shape index (κ2) is 7.76. The van der Waals surface area contributed by atoms with E-state index in [0.29, 0.717) is 16.6 Å². The Morgan fingerprint density at radius 1 is 1.24 bits per heavy atom. The van der Waals surface area contributed by atoms with Gasteiger partial charge < -0.3 is 5.11 Å². The first-order valence-electron chi connectivity index (χ1n) is 6.76. The van der Waals surface area contributed by atoms with Crippen LogP contribution < -0.4 is 0 Å². The Balaban J connectivity index is 2.25. The number of nitrogens with zero attached hydrogens (tertiary/aromatic N) is 2. The van der Waals surface area contributed by atoms with Crippen LogP contribution in [0.15, 0.2) is 42.7 Å². The molecule has 2 aromatic rings. The summed E-state index contributed by atoms with van der Waals surface area (Å²) in [7, 11) is 1.99. The van der Waals surface area contributed by atoms with Gasteiger partial charge in [-0.1, -0.05) is 35.3 Å². The van der Waals surface area contributed by atoms with Gasteiger partial charge in [-0.15, -0.1) is 0 Å². The summed E-state index contributed by atoms with van der Waals surface area (Å²) < 4.78 is 0. The Morgan fingerprint density at radius 3 is 2.67 bits per heavy atom. The molecule has 0 bridgehead atoms. The highest BCUT2D eigenvalue weighted by Crippen LogP contribution is 2.27. The smallest absolute Gasteiger partial charge is 0.0595 e. The quantitative estimate of drug-likeness (QED) is 0.882. The van der Waals surface area contributed by atoms with Gasteiger partial charge in [0.1, 0.15) is 0 Å². The lowest BCUT2D eigenvalue weighted by molar-refractivity contribution is 0.179. The molecule has 0 amide bonds. The van der Waals surface area contributed by atoms with Crippen molar-refractivity contribution in [3.05, 3.63) is 63.9 Å². The standard InChI is InChI=1S/C16H18Cl2N2O/c1-20(7-8-21)16(13-3-2-6-19-11-13)10-12-4-5-14(17)15(18)9-12/h2-6,9,11,16,21H,7-8,10H2,1H3. The summed E-state index contributed by atoms with van der Waals surface area (Å²) in [4.78, 5) is 6.30. The van der Waals surface area contributed by atoms with Crippen molar-refractivity contribution in [3.63, 3.8) is 0 Å². The zero-order valence-electron chi connectivity index (χ0n) is 11.8. The number of benzene rings is 1. The predicted molar refractivity (Wildman–Crippen MR) is 86.9 cm³/mol. The van der Waals surface area contributed by atoms with Crippen molar-refractivity contribution in [1.29, 1.82) is 0 Å². The van der Waals surface area contributed by atoms with E-state index >= 15 is 0 Å². The van der Waals surface area contributed by atoms with Gasteiger partial charge in [-0.25, -0.2) is 0 Å². The van der Waals surface area contributed by atoms with E-state index in [9.17, 15) is 5.11 Å². The summed E-state index contributed by atoms with van der Waals surface area (Å²) in [5, 5.41) is 10.3. The van der Waals surface area contributed by atoms with Crippen LogP contribution in [0.25, 0.3) is 0 Å². The first-order valence-corrected chi connectivity index (χ1v) is 7.52. The number of aromatic nitrogens is 1. The lowest BCUT2D eigenvalue weighted by Gasteiger charge is -2.28. The summed E-state index contributed by atoms with van der Waals surface area (Å²) in [5.74, 6) is 0. The monoisotopic (exact) mass is 324 g/mol. The molecule has 1 N–H and O–H groups in total. The van der Waals surface area contributed by atoms with Gasteiger partial charge in [0.2, 0.25) is 0 Å². The Labute approximate surface area is 135 Å². The number of aliphatic hydroxyl groups excluding tert-OH is 1. The number of rotatable bonds is 6. The molecule has 0 saturated carbocycles. The maximum atomic E-state index is 9.18. The summed E-state index contributed by atoms with van der Waals surface area (Å²) >= 11 is 12.0. The van der Waals surface area contributed by atoms with Crippen molar-refractivity contribution in [1.82, 2.24) is 9.88 Å². The lowest BCUT2D eigenvalue weighted by atomic mass is 9.99. The van der Waals surface area contributed by atoms with E-state index in [1.807, 2.05) is 43.6 Å². The normalized spacial score (nSPS) is 12.6. The largest absolute Gasteiger partial charge is 0.395 e. The molecule has 1 unspecified atom stereocenters. The van der Waals surface area contributed by atoms with Crippen LogP contribution in [0.4, 0.5) is 0 Å². The third-order valence-electron chi connectivity index (χ3n) is 3.47. The van der Waals surface area contributed by atoms with Crippen molar-refractivity contribution in [2.75, 3.05) is 20.2 Å². The zero-order chi connectivity index (χ0) is 15.2. The minimum atomic E-state index is 0.120. The summed E-state index contributed by atoms with van der Waals surface area (Å²) in [6.07, 6.45) is 4.39. The first-order chi connectivity index (χ1) is 10.1. The number of hydrogen-bond acceptors (Lipinski definition) is 3. The van der Waals surface area contributed by atoms with Gasteiger partial charge in [0.05, 0.1) is 16.7 Å². The van der Waals surface area contributed by atoms with Crippen LogP contribution in [-0.4, -0.2) is 35.2 Å². The number of pyridine rings is 1. The van der Waals surface area contributed by atoms with Crippen LogP contribution in [0.5, 0.6) is 0 Å². The van der Waals surface area contributed by atoms with Crippen molar-refractivity contribution < 1.29 is 5.11 Å². The van der Waals surface area contributed by atoms with Gasteiger partial charge in [0.25, 0.3) is 0 Å². The molecular weight excluding hydrogens is 307 g/mol. The molecule has 1 aromatic heterocycles. The van der Waals surface area contributed by atoms with Gasteiger partial charge in [0, 0.05) is 25.0 Å². The fourth-order valence-electron chi connectivity index (χ4n) is 2.30. The van der Waals surface area contributed by atoms with Gasteiger partial charge in [-0.3, -0.25) is 9.88 Å². The van der Waals surface area contributed by atoms with Crippen molar-refractivity contribution in [3.8, 4) is 0 Å². The average Bonchev–Trinajstić information content (AvgIpc) is 2.49. The molecule has 21 heavy (non-hydrogen) atoms. The number of halogens is 2. The second-order valence-electron chi connectivity index (χ2n) is 4.96. The van der Waals surface area contributed by atoms with E-state index < -0.39 is 0 Å².